The van der Waals surface area contributed by atoms with Gasteiger partial charge in [-0.05, 0) is 17.8 Å². The Kier molecular flexibility index (Phi) is 115. The second-order valence-electron chi connectivity index (χ2n) is 7.31. The first-order chi connectivity index (χ1) is 15.7. The van der Waals surface area contributed by atoms with Crippen LogP contribution in [0.25, 0.3) is 0 Å². The fourth-order valence-electron chi connectivity index (χ4n) is 0.567. The van der Waals surface area contributed by atoms with E-state index in [0.29, 0.717) is 0 Å². The van der Waals surface area contributed by atoms with E-state index in [4.69, 9.17) is 0 Å². The van der Waals surface area contributed by atoms with E-state index in [-0.39, 0.29) is 22.3 Å². The number of nitrogens with one attached hydrogen (secondary N) is 1. The monoisotopic (exact) mass is 535 g/mol. The summed E-state index contributed by atoms with van der Waals surface area (Å²) in [5.41, 5.74) is 1.79. The summed E-state index contributed by atoms with van der Waals surface area (Å²) in [5.74, 6) is 2.50. The minimum absolute atomic E-state index is 0. The van der Waals surface area contributed by atoms with Gasteiger partial charge in [-0.25, -0.2) is 9.97 Å². The number of thiazole rings is 1. The highest BCUT2D eigenvalue weighted by Crippen LogP contribution is 1.86. The van der Waals surface area contributed by atoms with E-state index in [9.17, 15) is 0 Å². The van der Waals surface area contributed by atoms with Crippen molar-refractivity contribution in [2.24, 2.45) is 17.8 Å². The van der Waals surface area contributed by atoms with Crippen molar-refractivity contribution in [3.05, 3.63) is 54.7 Å². The first-order valence-corrected chi connectivity index (χ1v) is 13.2. The molecule has 3 heterocycles. The Morgan fingerprint density at radius 2 is 1.03 bits per heavy atom. The predicted octanol–water partition coefficient (Wildman–Crippen LogP) is 12.2. The quantitative estimate of drug-likeness (QED) is 0.311. The smallest absolute Gasteiger partial charge is 0.180 e. The maximum atomic E-state index is 4.47. The molecule has 0 saturated carbocycles. The lowest BCUT2D eigenvalue weighted by atomic mass is 10.3. The highest BCUT2D eigenvalue weighted by atomic mass is 32.1. The topological polar surface area (TPSA) is 67.6 Å². The van der Waals surface area contributed by atoms with Gasteiger partial charge in [-0.3, -0.25) is 4.98 Å². The largest absolute Gasteiger partial charge is 0.452 e. The molecule has 0 fully saturated rings. The molecule has 0 aliphatic carbocycles. The van der Waals surface area contributed by atoms with E-state index < -0.39 is 0 Å². The van der Waals surface area contributed by atoms with E-state index in [1.54, 1.807) is 48.0 Å². The number of hydrogen-bond acceptors (Lipinski definition) is 5. The number of aromatic amines is 1. The molecule has 0 unspecified atom stereocenters. The molecule has 0 amide bonds. The number of H-pyrrole nitrogens is 1. The zero-order chi connectivity index (χ0) is 27.3. The number of hydrogen-bond donors (Lipinski definition) is 1. The molecule has 222 valence electrons. The minimum Gasteiger partial charge on any atom is -0.452 e. The van der Waals surface area contributed by atoms with Crippen molar-refractivity contribution >= 4 is 11.3 Å². The summed E-state index contributed by atoms with van der Waals surface area (Å²) in [6.45, 7) is 31.5. The van der Waals surface area contributed by atoms with Gasteiger partial charge in [0.15, 0.2) is 6.39 Å². The predicted molar refractivity (Wildman–Crippen MR) is 173 cm³/mol. The maximum absolute atomic E-state index is 4.47. The fourth-order valence-corrected chi connectivity index (χ4v) is 0.918. The molecule has 0 saturated heterocycles. The molecule has 0 bridgehead atoms. The molecule has 5 nitrogen and oxygen atoms in total. The van der Waals surface area contributed by atoms with Gasteiger partial charge in [0.05, 0.1) is 18.0 Å². The van der Waals surface area contributed by atoms with Crippen molar-refractivity contribution < 1.29 is 4.42 Å². The highest BCUT2D eigenvalue weighted by Gasteiger charge is 1.69. The molecule has 6 heteroatoms. The second-order valence-corrected chi connectivity index (χ2v) is 8.06. The number of nitrogens with zero attached hydrogens (tertiary/aromatic N) is 3. The van der Waals surface area contributed by atoms with Gasteiger partial charge in [-0.2, -0.15) is 0 Å². The first-order valence-electron chi connectivity index (χ1n) is 12.3. The third-order valence-electron chi connectivity index (χ3n) is 1.10. The minimum atomic E-state index is 0. The molecular weight excluding hydrogens is 464 g/mol. The van der Waals surface area contributed by atoms with Gasteiger partial charge < -0.3 is 9.40 Å². The summed E-state index contributed by atoms with van der Waals surface area (Å²) < 4.78 is 4.47. The summed E-state index contributed by atoms with van der Waals surface area (Å²) in [7, 11) is 0. The lowest BCUT2D eigenvalue weighted by Gasteiger charge is -1.79. The van der Waals surface area contributed by atoms with Crippen LogP contribution in [0, 0.1) is 17.8 Å². The average molecular weight is 535 g/mol. The number of rotatable bonds is 0. The van der Waals surface area contributed by atoms with Crippen LogP contribution < -0.4 is 0 Å². The molecule has 3 rings (SSSR count). The van der Waals surface area contributed by atoms with Crippen LogP contribution in [0.1, 0.15) is 126 Å². The Hall–Kier alpha value is -1.95. The Balaban J connectivity index is -0.0000000329. The van der Waals surface area contributed by atoms with Crippen LogP contribution in [-0.4, -0.2) is 19.9 Å². The van der Waals surface area contributed by atoms with E-state index in [2.05, 4.69) is 86.7 Å². The van der Waals surface area contributed by atoms with Crippen LogP contribution in [0.4, 0.5) is 0 Å². The van der Waals surface area contributed by atoms with Crippen molar-refractivity contribution in [2.75, 3.05) is 0 Å². The molecular formula is C30H70N4OS. The van der Waals surface area contributed by atoms with Crippen molar-refractivity contribution in [2.45, 2.75) is 126 Å². The first kappa shape index (κ1) is 59.3. The van der Waals surface area contributed by atoms with Gasteiger partial charge in [-0.15, -0.1) is 11.3 Å². The summed E-state index contributed by atoms with van der Waals surface area (Å²) in [5, 5.41) is 1.93. The SMILES string of the molecule is C.C.C.CC.CC.CC.CC(C)C.CC(C)C.CC(C)C.c1c[nH]cn1.c1cocn1.c1cscn1. The summed E-state index contributed by atoms with van der Waals surface area (Å²) in [6.07, 6.45) is 11.3. The fraction of sp³-hybridized carbons (Fsp3) is 0.700. The van der Waals surface area contributed by atoms with Crippen molar-refractivity contribution in [1.29, 1.82) is 0 Å². The molecule has 0 spiro atoms. The highest BCUT2D eigenvalue weighted by molar-refractivity contribution is 7.07. The second kappa shape index (κ2) is 69.8. The normalized spacial score (nSPS) is 6.83. The molecule has 1 N–H and O–H groups in total. The van der Waals surface area contributed by atoms with Crippen molar-refractivity contribution in [3.63, 3.8) is 0 Å². The van der Waals surface area contributed by atoms with Crippen molar-refractivity contribution in [1.82, 2.24) is 19.9 Å². The van der Waals surface area contributed by atoms with Crippen molar-refractivity contribution in [3.8, 4) is 0 Å². The molecule has 3 aromatic rings. The number of imidazole rings is 1. The zero-order valence-electron chi connectivity index (χ0n) is 24.6. The third kappa shape index (κ3) is 181. The molecule has 0 aliphatic rings. The standard InChI is InChI=1S/3C4H10.C3H4N2.C3H3NO.C3H3NS.3C2H6.3CH4/c3*1-4(2)3;3*1-2-5-3-4-1;3*1-2;;;/h3*4H,1-3H3;1-3H,(H,4,5);2*1-3H;3*1-2H3;3*1H4. The Morgan fingerprint density at radius 3 is 1.11 bits per heavy atom. The molecule has 0 radical (unpaired) electrons. The summed E-state index contributed by atoms with van der Waals surface area (Å²) >= 11 is 1.60. The molecule has 0 atom stereocenters. The van der Waals surface area contributed by atoms with Crippen LogP contribution in [0.3, 0.4) is 0 Å². The van der Waals surface area contributed by atoms with E-state index in [1.807, 2.05) is 46.9 Å². The molecule has 36 heavy (non-hydrogen) atoms. The van der Waals surface area contributed by atoms with Crippen LogP contribution in [0.2, 0.25) is 0 Å². The third-order valence-corrected chi connectivity index (χ3v) is 1.62. The summed E-state index contributed by atoms with van der Waals surface area (Å²) in [4.78, 5) is 13.7. The molecule has 0 aliphatic heterocycles. The van der Waals surface area contributed by atoms with Crippen LogP contribution in [-0.2, 0) is 0 Å². The molecule has 3 aromatic heterocycles. The van der Waals surface area contributed by atoms with Gasteiger partial charge in [0.2, 0.25) is 0 Å². The lowest BCUT2D eigenvalue weighted by molar-refractivity contribution is 0.558. The Labute approximate surface area is 234 Å². The van der Waals surface area contributed by atoms with Gasteiger partial charge in [-0.1, -0.05) is 126 Å². The maximum Gasteiger partial charge on any atom is 0.180 e. The number of oxazole rings is 1. The van der Waals surface area contributed by atoms with Crippen LogP contribution in [0.15, 0.2) is 59.1 Å². The van der Waals surface area contributed by atoms with E-state index >= 15 is 0 Å². The number of aromatic nitrogens is 4. The molecule has 0 aromatic carbocycles. The Morgan fingerprint density at radius 1 is 0.611 bits per heavy atom. The van der Waals surface area contributed by atoms with Gasteiger partial charge in [0.25, 0.3) is 0 Å². The van der Waals surface area contributed by atoms with E-state index in [0.717, 1.165) is 17.8 Å². The van der Waals surface area contributed by atoms with E-state index in [1.165, 1.54) is 12.7 Å². The van der Waals surface area contributed by atoms with Gasteiger partial charge in [0.1, 0.15) is 6.26 Å². The average Bonchev–Trinajstić information content (AvgIpc) is 3.59. The van der Waals surface area contributed by atoms with Crippen LogP contribution >= 0.6 is 11.3 Å². The van der Waals surface area contributed by atoms with Gasteiger partial charge in [0, 0.05) is 24.0 Å². The van der Waals surface area contributed by atoms with Gasteiger partial charge >= 0.3 is 0 Å². The lowest BCUT2D eigenvalue weighted by Crippen LogP contribution is -1.66. The zero-order valence-corrected chi connectivity index (χ0v) is 25.4. The Bertz CT molecular complexity index is 358. The summed E-state index contributed by atoms with van der Waals surface area (Å²) in [6, 6.07) is 0. The van der Waals surface area contributed by atoms with Crippen LogP contribution in [0.5, 0.6) is 0 Å².